The van der Waals surface area contributed by atoms with Crippen molar-refractivity contribution in [2.45, 2.75) is 6.54 Å². The van der Waals surface area contributed by atoms with Gasteiger partial charge >= 0.3 is 0 Å². The number of hydrogen-bond donors (Lipinski definition) is 0. The van der Waals surface area contributed by atoms with E-state index in [1.807, 2.05) is 18.0 Å². The third-order valence-electron chi connectivity index (χ3n) is 2.49. The molecule has 0 aliphatic carbocycles. The molecule has 0 aliphatic rings. The molecule has 2 rings (SSSR count). The molecule has 0 atom stereocenters. The van der Waals surface area contributed by atoms with Crippen molar-refractivity contribution in [3.05, 3.63) is 52.9 Å². The van der Waals surface area contributed by atoms with Crippen molar-refractivity contribution in [1.29, 1.82) is 5.26 Å². The Morgan fingerprint density at radius 3 is 2.88 bits per heavy atom. The van der Waals surface area contributed by atoms with Crippen LogP contribution in [0.1, 0.15) is 11.1 Å². The minimum absolute atomic E-state index is 0.611. The summed E-state index contributed by atoms with van der Waals surface area (Å²) in [6.07, 6.45) is 3.32. The monoisotopic (exact) mass is 246 g/mol. The van der Waals surface area contributed by atoms with Crippen LogP contribution in [-0.4, -0.2) is 7.05 Å². The summed E-state index contributed by atoms with van der Waals surface area (Å²) >= 11 is 5.95. The highest BCUT2D eigenvalue weighted by atomic mass is 35.5. The standard InChI is InChI=1S/C13H11ClN2O/c1-16(8-10-4-5-17-9-10)13-6-12(14)3-2-11(13)7-15/h2-6,9H,8H2,1H3. The predicted octanol–water partition coefficient (Wildman–Crippen LogP) is 3.44. The van der Waals surface area contributed by atoms with Crippen molar-refractivity contribution in [3.63, 3.8) is 0 Å². The summed E-state index contributed by atoms with van der Waals surface area (Å²) in [6.45, 7) is 0.672. The summed E-state index contributed by atoms with van der Waals surface area (Å²) < 4.78 is 5.01. The zero-order valence-electron chi connectivity index (χ0n) is 9.35. The van der Waals surface area contributed by atoms with Crippen LogP contribution in [0.2, 0.25) is 5.02 Å². The van der Waals surface area contributed by atoms with E-state index in [0.717, 1.165) is 11.3 Å². The van der Waals surface area contributed by atoms with Crippen molar-refractivity contribution in [2.75, 3.05) is 11.9 Å². The number of hydrogen-bond acceptors (Lipinski definition) is 3. The summed E-state index contributed by atoms with van der Waals surface area (Å²) in [5.41, 5.74) is 2.48. The Labute approximate surface area is 105 Å². The van der Waals surface area contributed by atoms with Gasteiger partial charge in [0.05, 0.1) is 23.8 Å². The van der Waals surface area contributed by atoms with Crippen molar-refractivity contribution in [2.24, 2.45) is 0 Å². The summed E-state index contributed by atoms with van der Waals surface area (Å²) in [7, 11) is 1.92. The first-order valence-corrected chi connectivity index (χ1v) is 5.50. The quantitative estimate of drug-likeness (QED) is 0.833. The Kier molecular flexibility index (Phi) is 3.36. The van der Waals surface area contributed by atoms with Gasteiger partial charge in [-0.1, -0.05) is 11.6 Å². The Hall–Kier alpha value is -1.92. The van der Waals surface area contributed by atoms with E-state index in [9.17, 15) is 0 Å². The lowest BCUT2D eigenvalue weighted by Gasteiger charge is -2.19. The highest BCUT2D eigenvalue weighted by Gasteiger charge is 2.09. The molecule has 1 aromatic carbocycles. The molecule has 0 radical (unpaired) electrons. The lowest BCUT2D eigenvalue weighted by Crippen LogP contribution is -2.17. The topological polar surface area (TPSA) is 40.2 Å². The Balaban J connectivity index is 2.27. The molecule has 0 unspecified atom stereocenters. The van der Waals surface area contributed by atoms with E-state index in [2.05, 4.69) is 6.07 Å². The number of nitriles is 1. The van der Waals surface area contributed by atoms with E-state index in [-0.39, 0.29) is 0 Å². The van der Waals surface area contributed by atoms with Gasteiger partial charge < -0.3 is 9.32 Å². The fourth-order valence-corrected chi connectivity index (χ4v) is 1.82. The molecule has 0 saturated carbocycles. The van der Waals surface area contributed by atoms with Crippen LogP contribution in [-0.2, 0) is 6.54 Å². The SMILES string of the molecule is CN(Cc1ccoc1)c1cc(Cl)ccc1C#N. The van der Waals surface area contributed by atoms with Crippen LogP contribution in [0.4, 0.5) is 5.69 Å². The zero-order valence-corrected chi connectivity index (χ0v) is 10.1. The molecule has 0 spiro atoms. The number of furan rings is 1. The van der Waals surface area contributed by atoms with Gasteiger partial charge in [-0.3, -0.25) is 0 Å². The van der Waals surface area contributed by atoms with Gasteiger partial charge in [0.1, 0.15) is 6.07 Å². The summed E-state index contributed by atoms with van der Waals surface area (Å²) in [5.74, 6) is 0. The van der Waals surface area contributed by atoms with E-state index in [1.54, 1.807) is 30.7 Å². The maximum atomic E-state index is 9.05. The van der Waals surface area contributed by atoms with Crippen LogP contribution in [0.15, 0.2) is 41.2 Å². The molecule has 86 valence electrons. The lowest BCUT2D eigenvalue weighted by molar-refractivity contribution is 0.563. The first-order chi connectivity index (χ1) is 8.20. The van der Waals surface area contributed by atoms with Crippen LogP contribution in [0.5, 0.6) is 0 Å². The predicted molar refractivity (Wildman–Crippen MR) is 67.0 cm³/mol. The number of nitrogens with zero attached hydrogens (tertiary/aromatic N) is 2. The number of anilines is 1. The normalized spacial score (nSPS) is 9.94. The number of benzene rings is 1. The molecule has 0 amide bonds. The highest BCUT2D eigenvalue weighted by Crippen LogP contribution is 2.24. The molecule has 0 N–H and O–H groups in total. The van der Waals surface area contributed by atoms with Gasteiger partial charge in [0.2, 0.25) is 0 Å². The van der Waals surface area contributed by atoms with Crippen LogP contribution >= 0.6 is 11.6 Å². The first-order valence-electron chi connectivity index (χ1n) is 5.12. The third-order valence-corrected chi connectivity index (χ3v) is 2.73. The van der Waals surface area contributed by atoms with E-state index < -0.39 is 0 Å². The van der Waals surface area contributed by atoms with Gasteiger partial charge in [0, 0.05) is 24.2 Å². The highest BCUT2D eigenvalue weighted by molar-refractivity contribution is 6.30. The van der Waals surface area contributed by atoms with Gasteiger partial charge in [0.25, 0.3) is 0 Å². The average molecular weight is 247 g/mol. The summed E-state index contributed by atoms with van der Waals surface area (Å²) in [4.78, 5) is 1.97. The summed E-state index contributed by atoms with van der Waals surface area (Å²) in [6, 6.07) is 9.29. The maximum absolute atomic E-state index is 9.05. The maximum Gasteiger partial charge on any atom is 0.101 e. The number of rotatable bonds is 3. The Morgan fingerprint density at radius 2 is 2.24 bits per heavy atom. The molecule has 0 bridgehead atoms. The minimum Gasteiger partial charge on any atom is -0.472 e. The molecule has 2 aromatic rings. The van der Waals surface area contributed by atoms with Crippen molar-refractivity contribution >= 4 is 17.3 Å². The molecule has 4 heteroatoms. The van der Waals surface area contributed by atoms with Crippen LogP contribution in [0, 0.1) is 11.3 Å². The van der Waals surface area contributed by atoms with E-state index >= 15 is 0 Å². The molecular weight excluding hydrogens is 236 g/mol. The van der Waals surface area contributed by atoms with Crippen LogP contribution in [0.3, 0.4) is 0 Å². The van der Waals surface area contributed by atoms with Crippen molar-refractivity contribution < 1.29 is 4.42 Å². The van der Waals surface area contributed by atoms with Gasteiger partial charge in [0.15, 0.2) is 0 Å². The zero-order chi connectivity index (χ0) is 12.3. The van der Waals surface area contributed by atoms with Gasteiger partial charge in [-0.2, -0.15) is 5.26 Å². The van der Waals surface area contributed by atoms with Crippen LogP contribution < -0.4 is 4.90 Å². The fourth-order valence-electron chi connectivity index (χ4n) is 1.66. The van der Waals surface area contributed by atoms with E-state index in [1.165, 1.54) is 0 Å². The van der Waals surface area contributed by atoms with Gasteiger partial charge in [-0.05, 0) is 24.3 Å². The van der Waals surface area contributed by atoms with Gasteiger partial charge in [-0.25, -0.2) is 0 Å². The summed E-state index contributed by atoms with van der Waals surface area (Å²) in [5, 5.41) is 9.67. The lowest BCUT2D eigenvalue weighted by atomic mass is 10.1. The van der Waals surface area contributed by atoms with Crippen LogP contribution in [0.25, 0.3) is 0 Å². The smallest absolute Gasteiger partial charge is 0.101 e. The average Bonchev–Trinajstić information content (AvgIpc) is 2.81. The van der Waals surface area contributed by atoms with E-state index in [4.69, 9.17) is 21.3 Å². The first kappa shape index (κ1) is 11.6. The third kappa shape index (κ3) is 2.61. The molecule has 3 nitrogen and oxygen atoms in total. The van der Waals surface area contributed by atoms with Crippen molar-refractivity contribution in [3.8, 4) is 6.07 Å². The largest absolute Gasteiger partial charge is 0.472 e. The number of halogens is 1. The fraction of sp³-hybridized carbons (Fsp3) is 0.154. The molecule has 1 heterocycles. The Bertz CT molecular complexity index is 543. The second-order valence-corrected chi connectivity index (χ2v) is 4.20. The van der Waals surface area contributed by atoms with Gasteiger partial charge in [-0.15, -0.1) is 0 Å². The van der Waals surface area contributed by atoms with E-state index in [0.29, 0.717) is 17.1 Å². The molecule has 17 heavy (non-hydrogen) atoms. The van der Waals surface area contributed by atoms with Crippen molar-refractivity contribution in [1.82, 2.24) is 0 Å². The second-order valence-electron chi connectivity index (χ2n) is 3.76. The molecule has 1 aromatic heterocycles. The molecule has 0 fully saturated rings. The Morgan fingerprint density at radius 1 is 1.41 bits per heavy atom. The molecule has 0 saturated heterocycles. The second kappa shape index (κ2) is 4.94. The minimum atomic E-state index is 0.611. The molecule has 0 aliphatic heterocycles. The molecular formula is C13H11ClN2O.